The molecule has 28 heavy (non-hydrogen) atoms. The van der Waals surface area contributed by atoms with Crippen LogP contribution in [0.25, 0.3) is 0 Å². The topological polar surface area (TPSA) is 95.7 Å². The van der Waals surface area contributed by atoms with Crippen LogP contribution in [0.3, 0.4) is 0 Å². The molecule has 2 fully saturated rings. The second-order valence-corrected chi connectivity index (χ2v) is 8.33. The van der Waals surface area contributed by atoms with Gasteiger partial charge in [-0.05, 0) is 48.9 Å². The van der Waals surface area contributed by atoms with Crippen LogP contribution in [0, 0.1) is 5.92 Å². The Morgan fingerprint density at radius 3 is 2.79 bits per heavy atom. The van der Waals surface area contributed by atoms with Crippen LogP contribution in [-0.4, -0.2) is 52.7 Å². The molecule has 3 heterocycles. The Morgan fingerprint density at radius 2 is 2.04 bits per heavy atom. The van der Waals surface area contributed by atoms with Gasteiger partial charge < -0.3 is 10.6 Å². The molecule has 1 aromatic rings. The molecule has 0 radical (unpaired) electrons. The van der Waals surface area contributed by atoms with Crippen LogP contribution >= 0.6 is 0 Å². The van der Waals surface area contributed by atoms with Gasteiger partial charge in [-0.25, -0.2) is 0 Å². The summed E-state index contributed by atoms with van der Waals surface area (Å²) in [4.78, 5) is 40.7. The molecular weight excluding hydrogens is 356 g/mol. The second-order valence-electron chi connectivity index (χ2n) is 8.33. The third kappa shape index (κ3) is 3.44. The van der Waals surface area contributed by atoms with E-state index in [1.165, 1.54) is 0 Å². The average molecular weight is 384 g/mol. The maximum atomic E-state index is 13.0. The fourth-order valence-electron chi connectivity index (χ4n) is 4.77. The number of nitrogens with two attached hydrogens (primary N) is 1. The van der Waals surface area contributed by atoms with Crippen LogP contribution in [0.15, 0.2) is 18.2 Å². The third-order valence-corrected chi connectivity index (χ3v) is 6.42. The van der Waals surface area contributed by atoms with Crippen molar-refractivity contribution in [1.82, 2.24) is 15.1 Å². The van der Waals surface area contributed by atoms with Crippen LogP contribution in [0.2, 0.25) is 0 Å². The molecule has 7 nitrogen and oxygen atoms in total. The number of piperidine rings is 2. The molecule has 1 aromatic carbocycles. The van der Waals surface area contributed by atoms with Gasteiger partial charge in [-0.2, -0.15) is 0 Å². The monoisotopic (exact) mass is 384 g/mol. The predicted octanol–water partition coefficient (Wildman–Crippen LogP) is 1.01. The number of nitrogens with one attached hydrogen (secondary N) is 1. The van der Waals surface area contributed by atoms with E-state index in [1.807, 2.05) is 12.1 Å². The average Bonchev–Trinajstić information content (AvgIpc) is 3.01. The van der Waals surface area contributed by atoms with Gasteiger partial charge in [0, 0.05) is 37.7 Å². The van der Waals surface area contributed by atoms with Crippen LogP contribution in [0.1, 0.15) is 54.1 Å². The van der Waals surface area contributed by atoms with E-state index in [0.717, 1.165) is 37.1 Å². The highest BCUT2D eigenvalue weighted by Gasteiger charge is 2.40. The van der Waals surface area contributed by atoms with Crippen molar-refractivity contribution in [3.8, 4) is 0 Å². The summed E-state index contributed by atoms with van der Waals surface area (Å²) < 4.78 is 0. The lowest BCUT2D eigenvalue weighted by Crippen LogP contribution is -2.52. The minimum Gasteiger partial charge on any atom is -0.329 e. The summed E-state index contributed by atoms with van der Waals surface area (Å²) in [6, 6.07) is 5.63. The lowest BCUT2D eigenvalue weighted by atomic mass is 9.91. The molecule has 3 amide bonds. The Morgan fingerprint density at radius 1 is 1.21 bits per heavy atom. The maximum absolute atomic E-state index is 13.0. The molecule has 0 aliphatic carbocycles. The smallest absolute Gasteiger partial charge is 0.255 e. The molecule has 2 saturated heterocycles. The lowest BCUT2D eigenvalue weighted by Gasteiger charge is -2.38. The fourth-order valence-corrected chi connectivity index (χ4v) is 4.77. The Bertz CT molecular complexity index is 809. The molecule has 0 spiro atoms. The van der Waals surface area contributed by atoms with E-state index in [9.17, 15) is 14.4 Å². The van der Waals surface area contributed by atoms with Crippen molar-refractivity contribution in [2.24, 2.45) is 11.7 Å². The molecule has 4 rings (SSSR count). The number of carbonyl (C=O) groups excluding carboxylic acids is 3. The zero-order chi connectivity index (χ0) is 19.8. The van der Waals surface area contributed by atoms with Gasteiger partial charge in [0.25, 0.3) is 5.91 Å². The number of imide groups is 1. The number of carbonyl (C=O) groups is 3. The summed E-state index contributed by atoms with van der Waals surface area (Å²) >= 11 is 0. The quantitative estimate of drug-likeness (QED) is 0.756. The predicted molar refractivity (Wildman–Crippen MR) is 104 cm³/mol. The van der Waals surface area contributed by atoms with Gasteiger partial charge in [-0.1, -0.05) is 19.1 Å². The lowest BCUT2D eigenvalue weighted by molar-refractivity contribution is -0.136. The van der Waals surface area contributed by atoms with Gasteiger partial charge in [0.05, 0.1) is 0 Å². The fraction of sp³-hybridized carbons (Fsp3) is 0.571. The molecule has 7 heteroatoms. The molecule has 150 valence electrons. The normalized spacial score (nSPS) is 28.4. The highest BCUT2D eigenvalue weighted by atomic mass is 16.2. The molecule has 0 aromatic heterocycles. The Labute approximate surface area is 165 Å². The largest absolute Gasteiger partial charge is 0.329 e. The SMILES string of the molecule is C[C@@H]1CCN(Cc2cccc3c2CN(C2CCC(=O)NC2=O)C3=O)[C@H](CN)C1. The minimum absolute atomic E-state index is 0.117. The first-order chi connectivity index (χ1) is 13.5. The molecule has 3 aliphatic heterocycles. The summed E-state index contributed by atoms with van der Waals surface area (Å²) in [6.07, 6.45) is 2.92. The maximum Gasteiger partial charge on any atom is 0.255 e. The van der Waals surface area contributed by atoms with Crippen molar-refractivity contribution in [3.05, 3.63) is 34.9 Å². The number of hydrogen-bond donors (Lipinski definition) is 2. The zero-order valence-corrected chi connectivity index (χ0v) is 16.3. The summed E-state index contributed by atoms with van der Waals surface area (Å²) in [5.74, 6) is -0.0599. The van der Waals surface area contributed by atoms with Gasteiger partial charge in [-0.15, -0.1) is 0 Å². The van der Waals surface area contributed by atoms with Crippen LogP contribution < -0.4 is 11.1 Å². The third-order valence-electron chi connectivity index (χ3n) is 6.42. The molecule has 3 atom stereocenters. The first-order valence-corrected chi connectivity index (χ1v) is 10.2. The second kappa shape index (κ2) is 7.64. The van der Waals surface area contributed by atoms with Crippen LogP contribution in [-0.2, 0) is 22.7 Å². The molecule has 0 saturated carbocycles. The number of nitrogens with zero attached hydrogens (tertiary/aromatic N) is 2. The van der Waals surface area contributed by atoms with Crippen molar-refractivity contribution < 1.29 is 14.4 Å². The Hall–Kier alpha value is -2.25. The number of benzene rings is 1. The van der Waals surface area contributed by atoms with E-state index < -0.39 is 6.04 Å². The molecule has 0 bridgehead atoms. The first-order valence-electron chi connectivity index (χ1n) is 10.2. The van der Waals surface area contributed by atoms with E-state index in [4.69, 9.17) is 5.73 Å². The van der Waals surface area contributed by atoms with Gasteiger partial charge in [0.1, 0.15) is 6.04 Å². The van der Waals surface area contributed by atoms with E-state index in [1.54, 1.807) is 4.90 Å². The Balaban J connectivity index is 1.54. The number of hydrogen-bond acceptors (Lipinski definition) is 5. The van der Waals surface area contributed by atoms with Crippen LogP contribution in [0.5, 0.6) is 0 Å². The molecule has 3 N–H and O–H groups in total. The summed E-state index contributed by atoms with van der Waals surface area (Å²) in [5, 5.41) is 2.36. The van der Waals surface area contributed by atoms with Crippen molar-refractivity contribution in [3.63, 3.8) is 0 Å². The van der Waals surface area contributed by atoms with Crippen molar-refractivity contribution in [1.29, 1.82) is 0 Å². The minimum atomic E-state index is -0.571. The van der Waals surface area contributed by atoms with Crippen molar-refractivity contribution in [2.75, 3.05) is 13.1 Å². The van der Waals surface area contributed by atoms with E-state index in [0.29, 0.717) is 37.0 Å². The molecular formula is C21H28N4O3. The van der Waals surface area contributed by atoms with Crippen molar-refractivity contribution in [2.45, 2.75) is 57.8 Å². The number of amides is 3. The number of fused-ring (bicyclic) bond motifs is 1. The summed E-state index contributed by atoms with van der Waals surface area (Å²) in [6.45, 7) is 5.12. The summed E-state index contributed by atoms with van der Waals surface area (Å²) in [5.41, 5.74) is 8.83. The number of likely N-dealkylation sites (tertiary alicyclic amines) is 1. The van der Waals surface area contributed by atoms with E-state index in [-0.39, 0.29) is 24.1 Å². The van der Waals surface area contributed by atoms with Gasteiger partial charge in [0.2, 0.25) is 11.8 Å². The summed E-state index contributed by atoms with van der Waals surface area (Å²) in [7, 11) is 0. The highest BCUT2D eigenvalue weighted by Crippen LogP contribution is 2.32. The standard InChI is InChI=1S/C21H28N4O3/c1-13-7-8-24(15(9-13)10-22)11-14-3-2-4-16-17(14)12-25(21(16)28)18-5-6-19(26)23-20(18)27/h2-4,13,15,18H,5-12,22H2,1H3,(H,23,26,27)/t13-,15+,18?/m1/s1. The molecule has 3 aliphatic rings. The van der Waals surface area contributed by atoms with Crippen LogP contribution in [0.4, 0.5) is 0 Å². The van der Waals surface area contributed by atoms with Gasteiger partial charge >= 0.3 is 0 Å². The Kier molecular flexibility index (Phi) is 5.21. The number of rotatable bonds is 4. The van der Waals surface area contributed by atoms with E-state index in [2.05, 4.69) is 23.2 Å². The zero-order valence-electron chi connectivity index (χ0n) is 16.3. The first kappa shape index (κ1) is 19.1. The van der Waals surface area contributed by atoms with Gasteiger partial charge in [-0.3, -0.25) is 24.6 Å². The van der Waals surface area contributed by atoms with E-state index >= 15 is 0 Å². The highest BCUT2D eigenvalue weighted by molar-refractivity contribution is 6.05. The van der Waals surface area contributed by atoms with Crippen molar-refractivity contribution >= 4 is 17.7 Å². The molecule has 1 unspecified atom stereocenters. The van der Waals surface area contributed by atoms with Gasteiger partial charge in [0.15, 0.2) is 0 Å².